The van der Waals surface area contributed by atoms with Gasteiger partial charge >= 0.3 is 0 Å². The van der Waals surface area contributed by atoms with Gasteiger partial charge in [-0.05, 0) is 18.1 Å². The van der Waals surface area contributed by atoms with Crippen molar-refractivity contribution in [2.45, 2.75) is 12.5 Å². The Hall–Kier alpha value is -2.02. The van der Waals surface area contributed by atoms with Crippen LogP contribution in [0.3, 0.4) is 0 Å². The molecule has 0 heterocycles. The molecule has 0 aromatic heterocycles. The fourth-order valence-electron chi connectivity index (χ4n) is 2.24. The van der Waals surface area contributed by atoms with Crippen molar-refractivity contribution >= 4 is 17.2 Å². The second-order valence-electron chi connectivity index (χ2n) is 4.68. The maximum atomic E-state index is 12.1. The third kappa shape index (κ3) is 3.02. The zero-order valence-corrected chi connectivity index (χ0v) is 12.2. The molecule has 110 valence electrons. The third-order valence-corrected chi connectivity index (χ3v) is 3.77. The van der Waals surface area contributed by atoms with Crippen molar-refractivity contribution in [3.8, 4) is 0 Å². The molecule has 2 aromatic rings. The molecule has 2 atom stereocenters. The summed E-state index contributed by atoms with van der Waals surface area (Å²) in [5.41, 5.74) is 5.85. The van der Waals surface area contributed by atoms with Crippen LogP contribution in [0.25, 0.3) is 0 Å². The van der Waals surface area contributed by atoms with Gasteiger partial charge in [-0.2, -0.15) is 0 Å². The number of hydrogen-bond donors (Lipinski definition) is 2. The Morgan fingerprint density at radius 1 is 1.10 bits per heavy atom. The maximum Gasteiger partial charge on any atom is 0.247 e. The van der Waals surface area contributed by atoms with Gasteiger partial charge in [-0.1, -0.05) is 60.2 Å². The van der Waals surface area contributed by atoms with E-state index in [1.807, 2.05) is 6.92 Å². The summed E-state index contributed by atoms with van der Waals surface area (Å²) in [5.74, 6) is -0.790. The van der Waals surface area contributed by atoms with E-state index in [0.717, 1.165) is 5.56 Å². The number of nitrogens with one attached hydrogen (secondary N) is 1. The second-order valence-corrected chi connectivity index (χ2v) is 5.36. The van der Waals surface area contributed by atoms with Crippen LogP contribution in [0.1, 0.15) is 16.7 Å². The summed E-state index contributed by atoms with van der Waals surface area (Å²) in [6.45, 7) is 1.90. The van der Waals surface area contributed by atoms with Gasteiger partial charge in [0, 0.05) is 11.3 Å². The molecule has 0 spiro atoms. The van der Waals surface area contributed by atoms with Crippen LogP contribution in [0.4, 0.5) is 0 Å². The average molecular weight is 303 g/mol. The van der Waals surface area contributed by atoms with E-state index in [-0.39, 0.29) is 0 Å². The Morgan fingerprint density at radius 3 is 2.10 bits per heavy atom. The van der Waals surface area contributed by atoms with Gasteiger partial charge in [0.15, 0.2) is 5.54 Å². The topological polar surface area (TPSA) is 95.2 Å². The molecule has 6 heteroatoms. The highest BCUT2D eigenvalue weighted by atomic mass is 32.2. The number of rotatable bonds is 5. The quantitative estimate of drug-likeness (QED) is 0.810. The van der Waals surface area contributed by atoms with Crippen molar-refractivity contribution < 1.29 is 13.6 Å². The molecule has 2 unspecified atom stereocenters. The fourth-order valence-corrected chi connectivity index (χ4v) is 2.82. The summed E-state index contributed by atoms with van der Waals surface area (Å²) >= 11 is -2.66. The van der Waals surface area contributed by atoms with Crippen molar-refractivity contribution in [3.05, 3.63) is 71.3 Å². The van der Waals surface area contributed by atoms with Gasteiger partial charge in [0.2, 0.25) is 5.91 Å². The predicted octanol–water partition coefficient (Wildman–Crippen LogP) is 1.11. The lowest BCUT2D eigenvalue weighted by Gasteiger charge is -2.33. The number of amides is 1. The summed E-state index contributed by atoms with van der Waals surface area (Å²) in [5, 5.41) is 0. The first kappa shape index (κ1) is 15.4. The first-order chi connectivity index (χ1) is 9.96. The molecule has 0 aliphatic heterocycles. The zero-order valence-electron chi connectivity index (χ0n) is 11.4. The molecule has 5 nitrogen and oxygen atoms in total. The molecule has 0 radical (unpaired) electrons. The minimum atomic E-state index is -2.66. The lowest BCUT2D eigenvalue weighted by Crippen LogP contribution is -2.54. The van der Waals surface area contributed by atoms with Crippen molar-refractivity contribution in [3.63, 3.8) is 0 Å². The SMILES string of the molecule is Cc1ccc(C(NS(=O)[O-])(C(N)=O)c2ccccc2)cc1. The average Bonchev–Trinajstić information content (AvgIpc) is 2.46. The zero-order chi connectivity index (χ0) is 15.5. The van der Waals surface area contributed by atoms with E-state index in [0.29, 0.717) is 11.1 Å². The first-order valence-electron chi connectivity index (χ1n) is 6.26. The molecule has 1 amide bonds. The number of carbonyl (C=O) groups excluding carboxylic acids is 1. The van der Waals surface area contributed by atoms with E-state index >= 15 is 0 Å². The molecule has 0 aliphatic rings. The lowest BCUT2D eigenvalue weighted by atomic mass is 9.83. The fraction of sp³-hybridized carbons (Fsp3) is 0.133. The highest BCUT2D eigenvalue weighted by molar-refractivity contribution is 7.77. The standard InChI is InChI=1S/C15H16N2O3S/c1-11-7-9-13(10-8-11)15(14(16)18,17-21(19)20)12-5-3-2-4-6-12/h2-10,17H,1H3,(H2,16,18)(H,19,20)/p-1. The van der Waals surface area contributed by atoms with Gasteiger partial charge in [0.05, 0.1) is 0 Å². The Morgan fingerprint density at radius 2 is 1.62 bits per heavy atom. The van der Waals surface area contributed by atoms with E-state index in [4.69, 9.17) is 5.73 Å². The molecule has 0 saturated carbocycles. The van der Waals surface area contributed by atoms with Crippen LogP contribution in [-0.4, -0.2) is 14.7 Å². The molecule has 0 bridgehead atoms. The van der Waals surface area contributed by atoms with Crippen LogP contribution in [0.2, 0.25) is 0 Å². The summed E-state index contributed by atoms with van der Waals surface area (Å²) in [4.78, 5) is 12.1. The van der Waals surface area contributed by atoms with E-state index in [1.165, 1.54) is 0 Å². The monoisotopic (exact) mass is 303 g/mol. The molecule has 0 aliphatic carbocycles. The van der Waals surface area contributed by atoms with E-state index in [2.05, 4.69) is 4.72 Å². The van der Waals surface area contributed by atoms with Crippen LogP contribution in [-0.2, 0) is 21.6 Å². The van der Waals surface area contributed by atoms with E-state index in [1.54, 1.807) is 54.6 Å². The normalized spacial score (nSPS) is 15.1. The Labute approximate surface area is 125 Å². The van der Waals surface area contributed by atoms with Crippen LogP contribution in [0, 0.1) is 6.92 Å². The summed E-state index contributed by atoms with van der Waals surface area (Å²) in [6.07, 6.45) is 0. The van der Waals surface area contributed by atoms with Crippen LogP contribution < -0.4 is 10.5 Å². The van der Waals surface area contributed by atoms with E-state index < -0.39 is 22.7 Å². The van der Waals surface area contributed by atoms with Crippen molar-refractivity contribution in [1.29, 1.82) is 0 Å². The molecule has 2 aromatic carbocycles. The van der Waals surface area contributed by atoms with Crippen LogP contribution in [0.15, 0.2) is 54.6 Å². The minimum Gasteiger partial charge on any atom is -0.760 e. The van der Waals surface area contributed by atoms with Gasteiger partial charge in [0.1, 0.15) is 0 Å². The third-order valence-electron chi connectivity index (χ3n) is 3.30. The largest absolute Gasteiger partial charge is 0.760 e. The number of primary amides is 1. The van der Waals surface area contributed by atoms with Crippen molar-refractivity contribution in [2.24, 2.45) is 5.73 Å². The number of nitrogens with two attached hydrogens (primary N) is 1. The van der Waals surface area contributed by atoms with Crippen molar-refractivity contribution in [1.82, 2.24) is 4.72 Å². The van der Waals surface area contributed by atoms with Crippen LogP contribution >= 0.6 is 0 Å². The van der Waals surface area contributed by atoms with Gasteiger partial charge < -0.3 is 10.3 Å². The molecule has 0 saturated heterocycles. The summed E-state index contributed by atoms with van der Waals surface area (Å²) < 4.78 is 24.7. The first-order valence-corrected chi connectivity index (χ1v) is 7.34. The van der Waals surface area contributed by atoms with Gasteiger partial charge in [0.25, 0.3) is 0 Å². The Bertz CT molecular complexity index is 658. The number of carbonyl (C=O) groups is 1. The second kappa shape index (κ2) is 6.17. The smallest absolute Gasteiger partial charge is 0.247 e. The van der Waals surface area contributed by atoms with Gasteiger partial charge in [-0.3, -0.25) is 9.00 Å². The molecule has 0 fully saturated rings. The minimum absolute atomic E-state index is 0.463. The van der Waals surface area contributed by atoms with E-state index in [9.17, 15) is 13.6 Å². The Balaban J connectivity index is 2.70. The predicted molar refractivity (Wildman–Crippen MR) is 79.7 cm³/mol. The maximum absolute atomic E-state index is 12.1. The lowest BCUT2D eigenvalue weighted by molar-refractivity contribution is -0.122. The molecule has 3 N–H and O–H groups in total. The summed E-state index contributed by atoms with van der Waals surface area (Å²) in [6, 6.07) is 15.5. The molecule has 2 rings (SSSR count). The van der Waals surface area contributed by atoms with Gasteiger partial charge in [-0.15, -0.1) is 0 Å². The highest BCUT2D eigenvalue weighted by Gasteiger charge is 2.40. The Kier molecular flexibility index (Phi) is 4.52. The summed E-state index contributed by atoms with van der Waals surface area (Å²) in [7, 11) is 0. The highest BCUT2D eigenvalue weighted by Crippen LogP contribution is 2.30. The van der Waals surface area contributed by atoms with Crippen LogP contribution in [0.5, 0.6) is 0 Å². The molecular formula is C15H15N2O3S-. The van der Waals surface area contributed by atoms with Crippen molar-refractivity contribution in [2.75, 3.05) is 0 Å². The number of hydrogen-bond acceptors (Lipinski definition) is 3. The number of benzene rings is 2. The number of aryl methyl sites for hydroxylation is 1. The molecular weight excluding hydrogens is 288 g/mol. The van der Waals surface area contributed by atoms with Gasteiger partial charge in [-0.25, -0.2) is 4.72 Å². The molecule has 21 heavy (non-hydrogen) atoms.